The van der Waals surface area contributed by atoms with Crippen LogP contribution in [0.5, 0.6) is 17.4 Å². The molecule has 186 valence electrons. The van der Waals surface area contributed by atoms with Crippen molar-refractivity contribution in [1.82, 2.24) is 10.4 Å². The van der Waals surface area contributed by atoms with E-state index in [2.05, 4.69) is 15.5 Å². The van der Waals surface area contributed by atoms with Gasteiger partial charge in [0.05, 0.1) is 18.2 Å². The first-order valence-corrected chi connectivity index (χ1v) is 11.0. The summed E-state index contributed by atoms with van der Waals surface area (Å²) >= 11 is 0. The number of nitrogens with one attached hydrogen (secondary N) is 1. The zero-order valence-corrected chi connectivity index (χ0v) is 19.6. The van der Waals surface area contributed by atoms with Crippen LogP contribution in [-0.2, 0) is 10.4 Å². The van der Waals surface area contributed by atoms with Gasteiger partial charge in [-0.3, -0.25) is 14.9 Å². The Hall–Kier alpha value is -5.09. The van der Waals surface area contributed by atoms with Crippen LogP contribution in [0.2, 0.25) is 0 Å². The number of nitrogens with zero attached hydrogens (tertiary/aromatic N) is 3. The number of pyridine rings is 1. The van der Waals surface area contributed by atoms with E-state index in [0.29, 0.717) is 28.2 Å². The van der Waals surface area contributed by atoms with Crippen molar-refractivity contribution in [3.05, 3.63) is 124 Å². The third-order valence-electron chi connectivity index (χ3n) is 5.43. The minimum absolute atomic E-state index is 0.152. The van der Waals surface area contributed by atoms with Gasteiger partial charge < -0.3 is 14.6 Å². The number of aliphatic hydroxyl groups is 1. The van der Waals surface area contributed by atoms with Crippen molar-refractivity contribution >= 4 is 17.8 Å². The second kappa shape index (κ2) is 11.1. The first-order chi connectivity index (χ1) is 17.9. The summed E-state index contributed by atoms with van der Waals surface area (Å²) in [5.41, 5.74) is 1.69. The molecule has 10 heteroatoms. The summed E-state index contributed by atoms with van der Waals surface area (Å²) in [5.74, 6) is 0.101. The third-order valence-corrected chi connectivity index (χ3v) is 5.43. The zero-order valence-electron chi connectivity index (χ0n) is 19.6. The quantitative estimate of drug-likeness (QED) is 0.201. The van der Waals surface area contributed by atoms with Gasteiger partial charge in [-0.05, 0) is 34.9 Å². The van der Waals surface area contributed by atoms with Crippen LogP contribution in [0.1, 0.15) is 16.7 Å². The lowest BCUT2D eigenvalue weighted by molar-refractivity contribution is -0.385. The molecule has 0 fully saturated rings. The molecule has 0 unspecified atom stereocenters. The van der Waals surface area contributed by atoms with E-state index in [9.17, 15) is 20.0 Å². The van der Waals surface area contributed by atoms with Crippen molar-refractivity contribution < 1.29 is 24.3 Å². The van der Waals surface area contributed by atoms with Gasteiger partial charge in [0.25, 0.3) is 11.6 Å². The molecule has 1 heterocycles. The highest BCUT2D eigenvalue weighted by atomic mass is 16.6. The predicted octanol–water partition coefficient (Wildman–Crippen LogP) is 4.18. The molecule has 0 spiro atoms. The van der Waals surface area contributed by atoms with Gasteiger partial charge in [-0.2, -0.15) is 5.10 Å². The van der Waals surface area contributed by atoms with E-state index in [0.717, 1.165) is 6.20 Å². The maximum Gasteiger partial charge on any atom is 0.287 e. The minimum atomic E-state index is -1.95. The first kappa shape index (κ1) is 25.0. The second-order valence-electron chi connectivity index (χ2n) is 7.77. The molecule has 0 aliphatic rings. The van der Waals surface area contributed by atoms with Gasteiger partial charge in [0, 0.05) is 12.1 Å². The second-order valence-corrected chi connectivity index (χ2v) is 7.77. The van der Waals surface area contributed by atoms with Gasteiger partial charge in [-0.15, -0.1) is 0 Å². The third kappa shape index (κ3) is 5.60. The highest BCUT2D eigenvalue weighted by Gasteiger charge is 2.39. The Morgan fingerprint density at radius 3 is 2.19 bits per heavy atom. The highest BCUT2D eigenvalue weighted by Crippen LogP contribution is 2.32. The van der Waals surface area contributed by atoms with Crippen LogP contribution < -0.4 is 14.9 Å². The number of rotatable bonds is 9. The summed E-state index contributed by atoms with van der Waals surface area (Å²) in [4.78, 5) is 27.3. The van der Waals surface area contributed by atoms with Crippen LogP contribution >= 0.6 is 0 Å². The molecule has 0 bridgehead atoms. The number of ether oxygens (including phenoxy) is 2. The molecule has 1 amide bonds. The average Bonchev–Trinajstić information content (AvgIpc) is 2.94. The van der Waals surface area contributed by atoms with Crippen LogP contribution in [0, 0.1) is 10.1 Å². The molecule has 0 saturated heterocycles. The van der Waals surface area contributed by atoms with Crippen LogP contribution in [0.15, 0.2) is 102 Å². The van der Waals surface area contributed by atoms with Crippen LogP contribution in [0.4, 0.5) is 5.69 Å². The Morgan fingerprint density at radius 2 is 1.65 bits per heavy atom. The maximum absolute atomic E-state index is 13.1. The molecule has 37 heavy (non-hydrogen) atoms. The molecular formula is C27H22N4O6. The fourth-order valence-corrected chi connectivity index (χ4v) is 3.54. The Bertz CT molecular complexity index is 1370. The van der Waals surface area contributed by atoms with Crippen molar-refractivity contribution in [2.75, 3.05) is 7.11 Å². The summed E-state index contributed by atoms with van der Waals surface area (Å²) in [6.07, 6.45) is 2.49. The number of hydrazone groups is 1. The standard InChI is InChI=1S/C27H22N4O6/c1-36-24-16-19(12-14-23(24)37-25-15-13-22(18-28-25)31(34)35)17-29-30-26(32)27(33,20-8-4-2-5-9-20)21-10-6-3-7-11-21/h2-18,33H,1H3,(H,30,32)/b29-17+. The molecule has 1 aromatic heterocycles. The molecule has 0 aliphatic carbocycles. The monoisotopic (exact) mass is 498 g/mol. The fourth-order valence-electron chi connectivity index (χ4n) is 3.54. The Balaban J connectivity index is 1.51. The molecule has 2 N–H and O–H groups in total. The highest BCUT2D eigenvalue weighted by molar-refractivity contribution is 5.91. The number of aromatic nitrogens is 1. The lowest BCUT2D eigenvalue weighted by Crippen LogP contribution is -2.43. The largest absolute Gasteiger partial charge is 0.493 e. The number of nitro groups is 1. The number of hydrogen-bond donors (Lipinski definition) is 2. The van der Waals surface area contributed by atoms with E-state index < -0.39 is 16.4 Å². The van der Waals surface area contributed by atoms with Crippen molar-refractivity contribution in [3.8, 4) is 17.4 Å². The van der Waals surface area contributed by atoms with E-state index in [-0.39, 0.29) is 11.6 Å². The van der Waals surface area contributed by atoms with Crippen molar-refractivity contribution in [1.29, 1.82) is 0 Å². The zero-order chi connectivity index (χ0) is 26.3. The molecule has 0 aliphatic heterocycles. The number of carbonyl (C=O) groups is 1. The Kier molecular flexibility index (Phi) is 7.51. The van der Waals surface area contributed by atoms with Crippen molar-refractivity contribution in [2.45, 2.75) is 5.60 Å². The fraction of sp³-hybridized carbons (Fsp3) is 0.0741. The molecule has 10 nitrogen and oxygen atoms in total. The number of amides is 1. The molecule has 0 radical (unpaired) electrons. The van der Waals surface area contributed by atoms with E-state index in [1.807, 2.05) is 0 Å². The molecular weight excluding hydrogens is 476 g/mol. The van der Waals surface area contributed by atoms with Gasteiger partial charge in [0.2, 0.25) is 5.88 Å². The first-order valence-electron chi connectivity index (χ1n) is 11.0. The van der Waals surface area contributed by atoms with Crippen molar-refractivity contribution in [2.24, 2.45) is 5.10 Å². The molecule has 0 atom stereocenters. The number of methoxy groups -OCH3 is 1. The van der Waals surface area contributed by atoms with E-state index in [1.54, 1.807) is 78.9 Å². The Labute approximate surface area is 212 Å². The average molecular weight is 498 g/mol. The van der Waals surface area contributed by atoms with Gasteiger partial charge >= 0.3 is 0 Å². The van der Waals surface area contributed by atoms with Gasteiger partial charge in [-0.25, -0.2) is 10.4 Å². The molecule has 3 aromatic carbocycles. The summed E-state index contributed by atoms with van der Waals surface area (Å²) in [6, 6.07) is 24.8. The minimum Gasteiger partial charge on any atom is -0.493 e. The van der Waals surface area contributed by atoms with Gasteiger partial charge in [0.15, 0.2) is 17.1 Å². The smallest absolute Gasteiger partial charge is 0.287 e. The van der Waals surface area contributed by atoms with Gasteiger partial charge in [-0.1, -0.05) is 60.7 Å². The number of benzene rings is 3. The molecule has 4 aromatic rings. The lowest BCUT2D eigenvalue weighted by atomic mass is 9.85. The van der Waals surface area contributed by atoms with Crippen LogP contribution in [0.3, 0.4) is 0 Å². The number of hydrogen-bond acceptors (Lipinski definition) is 8. The van der Waals surface area contributed by atoms with E-state index >= 15 is 0 Å². The van der Waals surface area contributed by atoms with Crippen LogP contribution in [0.25, 0.3) is 0 Å². The van der Waals surface area contributed by atoms with Crippen molar-refractivity contribution in [3.63, 3.8) is 0 Å². The summed E-state index contributed by atoms with van der Waals surface area (Å²) < 4.78 is 11.0. The summed E-state index contributed by atoms with van der Waals surface area (Å²) in [6.45, 7) is 0. The topological polar surface area (TPSA) is 136 Å². The molecule has 4 rings (SSSR count). The van der Waals surface area contributed by atoms with Crippen LogP contribution in [-0.4, -0.2) is 34.2 Å². The predicted molar refractivity (Wildman–Crippen MR) is 136 cm³/mol. The lowest BCUT2D eigenvalue weighted by Gasteiger charge is -2.27. The maximum atomic E-state index is 13.1. The van der Waals surface area contributed by atoms with Gasteiger partial charge in [0.1, 0.15) is 6.20 Å². The van der Waals surface area contributed by atoms with E-state index in [1.165, 1.54) is 25.5 Å². The summed E-state index contributed by atoms with van der Waals surface area (Å²) in [5, 5.41) is 26.3. The summed E-state index contributed by atoms with van der Waals surface area (Å²) in [7, 11) is 1.45. The normalized spacial score (nSPS) is 11.2. The molecule has 0 saturated carbocycles. The van der Waals surface area contributed by atoms with E-state index in [4.69, 9.17) is 9.47 Å². The number of carbonyl (C=O) groups excluding carboxylic acids is 1. The SMILES string of the molecule is COc1cc(/C=N/NC(=O)C(O)(c2ccccc2)c2ccccc2)ccc1Oc1ccc([N+](=O)[O-])cn1. The Morgan fingerprint density at radius 1 is 1.00 bits per heavy atom.